The molecule has 0 saturated heterocycles. The second-order valence-electron chi connectivity index (χ2n) is 4.53. The Morgan fingerprint density at radius 3 is 2.68 bits per heavy atom. The number of amidine groups is 1. The van der Waals surface area contributed by atoms with Crippen molar-refractivity contribution in [1.29, 1.82) is 0 Å². The van der Waals surface area contributed by atoms with Crippen LogP contribution in [-0.4, -0.2) is 16.3 Å². The van der Waals surface area contributed by atoms with Crippen molar-refractivity contribution < 1.29 is 13.2 Å². The van der Waals surface area contributed by atoms with E-state index in [1.165, 1.54) is 26.0 Å². The fraction of sp³-hybridized carbons (Fsp3) is 0.417. The monoisotopic (exact) mass is 352 g/mol. The van der Waals surface area contributed by atoms with Gasteiger partial charge in [0.15, 0.2) is 10.7 Å². The van der Waals surface area contributed by atoms with Gasteiger partial charge in [0.25, 0.3) is 5.92 Å². The van der Waals surface area contributed by atoms with Gasteiger partial charge in [-0.15, -0.1) is 0 Å². The van der Waals surface area contributed by atoms with Gasteiger partial charge >= 0.3 is 0 Å². The summed E-state index contributed by atoms with van der Waals surface area (Å²) in [5.41, 5.74) is 3.42. The van der Waals surface area contributed by atoms with Crippen LogP contribution in [0.4, 0.5) is 13.2 Å². The Bertz CT molecular complexity index is 550. The van der Waals surface area contributed by atoms with Crippen LogP contribution in [0.15, 0.2) is 27.7 Å². The summed E-state index contributed by atoms with van der Waals surface area (Å²) in [6.07, 6.45) is 0. The third-order valence-corrected chi connectivity index (χ3v) is 4.72. The van der Waals surface area contributed by atoms with Gasteiger partial charge in [-0.1, -0.05) is 27.7 Å². The van der Waals surface area contributed by atoms with Crippen molar-refractivity contribution >= 4 is 32.9 Å². The van der Waals surface area contributed by atoms with E-state index in [0.29, 0.717) is 4.47 Å². The number of benzene rings is 1. The number of rotatable bonds is 1. The van der Waals surface area contributed by atoms with E-state index in [-0.39, 0.29) is 10.7 Å². The molecular formula is C12H12BrF3N2S. The minimum Gasteiger partial charge on any atom is -0.378 e. The van der Waals surface area contributed by atoms with Gasteiger partial charge in [-0.3, -0.25) is 0 Å². The molecule has 1 aliphatic rings. The van der Waals surface area contributed by atoms with E-state index in [0.717, 1.165) is 17.8 Å². The lowest BCUT2D eigenvalue weighted by molar-refractivity contribution is -0.0692. The van der Waals surface area contributed by atoms with Crippen LogP contribution in [0.1, 0.15) is 19.4 Å². The molecule has 104 valence electrons. The van der Waals surface area contributed by atoms with Crippen LogP contribution in [0, 0.1) is 5.82 Å². The van der Waals surface area contributed by atoms with E-state index in [1.54, 1.807) is 0 Å². The molecule has 19 heavy (non-hydrogen) atoms. The summed E-state index contributed by atoms with van der Waals surface area (Å²) in [4.78, 5) is 3.84. The highest BCUT2D eigenvalue weighted by molar-refractivity contribution is 9.10. The second-order valence-corrected chi connectivity index (χ2v) is 6.81. The quantitative estimate of drug-likeness (QED) is 0.832. The zero-order valence-electron chi connectivity index (χ0n) is 10.3. The third-order valence-electron chi connectivity index (χ3n) is 3.24. The Morgan fingerprint density at radius 2 is 2.05 bits per heavy atom. The molecule has 1 heterocycles. The molecule has 0 saturated carbocycles. The van der Waals surface area contributed by atoms with Gasteiger partial charge in [-0.2, -0.15) is 0 Å². The topological polar surface area (TPSA) is 38.4 Å². The van der Waals surface area contributed by atoms with Gasteiger partial charge in [0.2, 0.25) is 0 Å². The maximum absolute atomic E-state index is 14.5. The molecule has 2 nitrogen and oxygen atoms in total. The molecule has 0 bridgehead atoms. The molecule has 0 radical (unpaired) electrons. The highest BCUT2D eigenvalue weighted by atomic mass is 79.9. The lowest BCUT2D eigenvalue weighted by Gasteiger charge is -2.41. The van der Waals surface area contributed by atoms with Crippen LogP contribution in [0.2, 0.25) is 0 Å². The average molecular weight is 353 g/mol. The molecule has 2 atom stereocenters. The van der Waals surface area contributed by atoms with E-state index in [2.05, 4.69) is 20.9 Å². The molecule has 0 spiro atoms. The third kappa shape index (κ3) is 2.27. The molecule has 0 amide bonds. The Labute approximate surface area is 121 Å². The minimum atomic E-state index is -3.21. The Balaban J connectivity index is 2.68. The van der Waals surface area contributed by atoms with Gasteiger partial charge in [-0.05, 0) is 32.0 Å². The van der Waals surface area contributed by atoms with Crippen LogP contribution < -0.4 is 5.73 Å². The van der Waals surface area contributed by atoms with Crippen LogP contribution in [-0.2, 0) is 5.54 Å². The SMILES string of the molecule is C[C@H]1SC(N)=N[C@](C)(c2cc(Br)ccc2F)C1(F)F. The van der Waals surface area contributed by atoms with Crippen molar-refractivity contribution in [2.45, 2.75) is 30.6 Å². The number of thioether (sulfide) groups is 1. The molecule has 2 N–H and O–H groups in total. The zero-order chi connectivity index (χ0) is 14.4. The molecular weight excluding hydrogens is 341 g/mol. The highest BCUT2D eigenvalue weighted by Crippen LogP contribution is 2.50. The van der Waals surface area contributed by atoms with Gasteiger partial charge in [0, 0.05) is 10.0 Å². The standard InChI is InChI=1S/C12H12BrF3N2S/c1-6-12(15,16)11(2,18-10(17)19-6)8-5-7(13)3-4-9(8)14/h3-6H,1-2H3,(H2,17,18)/t6-,11-/m1/s1. The van der Waals surface area contributed by atoms with Crippen molar-refractivity contribution in [3.63, 3.8) is 0 Å². The molecule has 0 unspecified atom stereocenters. The van der Waals surface area contributed by atoms with Crippen molar-refractivity contribution in [2.24, 2.45) is 10.7 Å². The predicted molar refractivity (Wildman–Crippen MR) is 75.1 cm³/mol. The van der Waals surface area contributed by atoms with E-state index < -0.39 is 22.5 Å². The molecule has 7 heteroatoms. The number of aliphatic imine (C=N–C) groups is 1. The van der Waals surface area contributed by atoms with Crippen molar-refractivity contribution in [3.05, 3.63) is 34.1 Å². The highest BCUT2D eigenvalue weighted by Gasteiger charge is 2.59. The number of hydrogen-bond donors (Lipinski definition) is 1. The van der Waals surface area contributed by atoms with Crippen LogP contribution in [0.25, 0.3) is 0 Å². The largest absolute Gasteiger partial charge is 0.378 e. The smallest absolute Gasteiger partial charge is 0.288 e. The maximum atomic E-state index is 14.5. The second kappa shape index (κ2) is 4.70. The zero-order valence-corrected chi connectivity index (χ0v) is 12.7. The Hall–Kier alpha value is -0.690. The first-order valence-electron chi connectivity index (χ1n) is 5.54. The van der Waals surface area contributed by atoms with Crippen molar-refractivity contribution in [3.8, 4) is 0 Å². The fourth-order valence-corrected chi connectivity index (χ4v) is 3.42. The first-order valence-corrected chi connectivity index (χ1v) is 7.21. The van der Waals surface area contributed by atoms with Gasteiger partial charge in [0.05, 0.1) is 5.25 Å². The minimum absolute atomic E-state index is 0.0419. The predicted octanol–water partition coefficient (Wildman–Crippen LogP) is 3.89. The van der Waals surface area contributed by atoms with E-state index >= 15 is 0 Å². The summed E-state index contributed by atoms with van der Waals surface area (Å²) < 4.78 is 43.3. The Kier molecular flexibility index (Phi) is 3.64. The van der Waals surface area contributed by atoms with Crippen LogP contribution in [0.5, 0.6) is 0 Å². The molecule has 0 aliphatic carbocycles. The molecule has 2 rings (SSSR count). The van der Waals surface area contributed by atoms with Crippen molar-refractivity contribution in [2.75, 3.05) is 0 Å². The summed E-state index contributed by atoms with van der Waals surface area (Å²) in [5, 5.41) is -1.03. The van der Waals surface area contributed by atoms with Gasteiger partial charge in [0.1, 0.15) is 5.82 Å². The fourth-order valence-electron chi connectivity index (χ4n) is 2.08. The number of hydrogen-bond acceptors (Lipinski definition) is 3. The van der Waals surface area contributed by atoms with E-state index in [9.17, 15) is 13.2 Å². The van der Waals surface area contributed by atoms with E-state index in [4.69, 9.17) is 5.73 Å². The summed E-state index contributed by atoms with van der Waals surface area (Å²) in [6, 6.07) is 3.91. The van der Waals surface area contributed by atoms with Gasteiger partial charge in [-0.25, -0.2) is 18.2 Å². The first kappa shape index (κ1) is 14.7. The molecule has 1 aliphatic heterocycles. The normalized spacial score (nSPS) is 30.0. The number of nitrogens with two attached hydrogens (primary N) is 1. The summed E-state index contributed by atoms with van der Waals surface area (Å²) in [5.74, 6) is -3.93. The van der Waals surface area contributed by atoms with E-state index in [1.807, 2.05) is 0 Å². The summed E-state index contributed by atoms with van der Waals surface area (Å²) >= 11 is 3.96. The number of nitrogens with zero attached hydrogens (tertiary/aromatic N) is 1. The number of alkyl halides is 2. The van der Waals surface area contributed by atoms with Gasteiger partial charge < -0.3 is 5.73 Å². The molecule has 0 fully saturated rings. The number of halogens is 4. The average Bonchev–Trinajstić information content (AvgIpc) is 2.29. The van der Waals surface area contributed by atoms with Crippen LogP contribution >= 0.6 is 27.7 Å². The molecule has 1 aromatic rings. The molecule has 1 aromatic carbocycles. The maximum Gasteiger partial charge on any atom is 0.288 e. The van der Waals surface area contributed by atoms with Crippen LogP contribution in [0.3, 0.4) is 0 Å². The van der Waals surface area contributed by atoms with Crippen molar-refractivity contribution in [1.82, 2.24) is 0 Å². The summed E-state index contributed by atoms with van der Waals surface area (Å²) in [6.45, 7) is 2.57. The lowest BCUT2D eigenvalue weighted by Crippen LogP contribution is -2.52. The summed E-state index contributed by atoms with van der Waals surface area (Å²) in [7, 11) is 0. The lowest BCUT2D eigenvalue weighted by atomic mass is 9.84. The Morgan fingerprint density at radius 1 is 1.42 bits per heavy atom. The molecule has 0 aromatic heterocycles. The first-order chi connectivity index (χ1) is 8.68.